The van der Waals surface area contributed by atoms with Gasteiger partial charge in [0, 0.05) is 10.0 Å². The molecule has 2 rings (SSSR count). The van der Waals surface area contributed by atoms with Crippen molar-refractivity contribution in [1.82, 2.24) is 0 Å². The molecule has 0 aliphatic carbocycles. The molecule has 2 N–H and O–H groups in total. The van der Waals surface area contributed by atoms with Crippen LogP contribution in [0.25, 0.3) is 0 Å². The monoisotopic (exact) mass is 367 g/mol. The lowest BCUT2D eigenvalue weighted by molar-refractivity contribution is 0.0697. The van der Waals surface area contributed by atoms with Crippen LogP contribution < -0.4 is 5.32 Å². The Hall–Kier alpha value is -1.85. The van der Waals surface area contributed by atoms with E-state index in [4.69, 9.17) is 11.6 Å². The summed E-state index contributed by atoms with van der Waals surface area (Å²) in [5, 5.41) is 12.3. The summed E-state index contributed by atoms with van der Waals surface area (Å²) in [7, 11) is 0. The first kappa shape index (κ1) is 15.5. The largest absolute Gasteiger partial charge is 0.478 e. The molecule has 0 aliphatic rings. The third kappa shape index (κ3) is 3.43. The molecule has 0 aliphatic heterocycles. The van der Waals surface area contributed by atoms with Gasteiger partial charge in [-0.25, -0.2) is 4.79 Å². The Balaban J connectivity index is 2.34. The summed E-state index contributed by atoms with van der Waals surface area (Å²) in [5.74, 6) is -1.49. The quantitative estimate of drug-likeness (QED) is 0.846. The summed E-state index contributed by atoms with van der Waals surface area (Å²) in [4.78, 5) is 23.5. The van der Waals surface area contributed by atoms with Gasteiger partial charge in [0.2, 0.25) is 0 Å². The Morgan fingerprint density at radius 3 is 2.57 bits per heavy atom. The van der Waals surface area contributed by atoms with Gasteiger partial charge in [-0.3, -0.25) is 4.79 Å². The lowest BCUT2D eigenvalue weighted by Crippen LogP contribution is -2.15. The van der Waals surface area contributed by atoms with Crippen molar-refractivity contribution in [1.29, 1.82) is 0 Å². The first-order chi connectivity index (χ1) is 9.90. The molecule has 0 atom stereocenters. The van der Waals surface area contributed by atoms with E-state index < -0.39 is 11.9 Å². The second-order valence-electron chi connectivity index (χ2n) is 4.39. The minimum Gasteiger partial charge on any atom is -0.478 e. The van der Waals surface area contributed by atoms with Crippen molar-refractivity contribution >= 4 is 45.1 Å². The first-order valence-electron chi connectivity index (χ1n) is 5.99. The van der Waals surface area contributed by atoms with Gasteiger partial charge in [0.05, 0.1) is 16.3 Å². The number of nitrogens with one attached hydrogen (secondary N) is 1. The molecule has 0 fully saturated rings. The predicted molar refractivity (Wildman–Crippen MR) is 85.2 cm³/mol. The molecule has 0 heterocycles. The van der Waals surface area contributed by atoms with Crippen LogP contribution in [0.2, 0.25) is 5.02 Å². The maximum absolute atomic E-state index is 12.2. The third-order valence-corrected chi connectivity index (χ3v) is 4.13. The van der Waals surface area contributed by atoms with Gasteiger partial charge in [-0.15, -0.1) is 0 Å². The van der Waals surface area contributed by atoms with Crippen LogP contribution in [-0.2, 0) is 0 Å². The predicted octanol–water partition coefficient (Wildman–Crippen LogP) is 4.36. The molecule has 6 heteroatoms. The van der Waals surface area contributed by atoms with E-state index in [9.17, 15) is 14.7 Å². The van der Waals surface area contributed by atoms with Crippen LogP contribution in [0.3, 0.4) is 0 Å². The van der Waals surface area contributed by atoms with E-state index in [1.54, 1.807) is 43.3 Å². The lowest BCUT2D eigenvalue weighted by atomic mass is 10.1. The number of carbonyl (C=O) groups excluding carboxylic acids is 1. The van der Waals surface area contributed by atoms with E-state index in [0.29, 0.717) is 20.6 Å². The van der Waals surface area contributed by atoms with Crippen LogP contribution in [0, 0.1) is 6.92 Å². The second-order valence-corrected chi connectivity index (χ2v) is 5.65. The number of aryl methyl sites for hydroxylation is 1. The molecule has 0 saturated carbocycles. The number of aromatic carboxylic acids is 1. The Morgan fingerprint density at radius 2 is 1.95 bits per heavy atom. The van der Waals surface area contributed by atoms with Crippen LogP contribution in [0.1, 0.15) is 26.3 Å². The van der Waals surface area contributed by atoms with E-state index in [-0.39, 0.29) is 11.3 Å². The summed E-state index contributed by atoms with van der Waals surface area (Å²) in [6.45, 7) is 1.68. The molecule has 108 valence electrons. The van der Waals surface area contributed by atoms with Crippen molar-refractivity contribution in [3.8, 4) is 0 Å². The molecule has 1 amide bonds. The Labute approximate surface area is 134 Å². The average molecular weight is 369 g/mol. The number of carbonyl (C=O) groups is 2. The Kier molecular flexibility index (Phi) is 4.65. The minimum absolute atomic E-state index is 0.0823. The average Bonchev–Trinajstić information content (AvgIpc) is 2.41. The van der Waals surface area contributed by atoms with Crippen LogP contribution in [0.4, 0.5) is 5.69 Å². The van der Waals surface area contributed by atoms with Crippen molar-refractivity contribution in [2.45, 2.75) is 6.92 Å². The Bertz CT molecular complexity index is 731. The summed E-state index contributed by atoms with van der Waals surface area (Å²) < 4.78 is 0.597. The van der Waals surface area contributed by atoms with E-state index in [2.05, 4.69) is 21.2 Å². The second kappa shape index (κ2) is 6.28. The zero-order valence-electron chi connectivity index (χ0n) is 11.0. The summed E-state index contributed by atoms with van der Waals surface area (Å²) in [5.41, 5.74) is 1.30. The maximum Gasteiger partial charge on any atom is 0.338 e. The fourth-order valence-electron chi connectivity index (χ4n) is 1.89. The number of amides is 1. The highest BCUT2D eigenvalue weighted by Gasteiger charge is 2.16. The van der Waals surface area contributed by atoms with Crippen LogP contribution in [-0.4, -0.2) is 17.0 Å². The van der Waals surface area contributed by atoms with Crippen LogP contribution in [0.15, 0.2) is 40.9 Å². The molecule has 0 bridgehead atoms. The van der Waals surface area contributed by atoms with Gasteiger partial charge >= 0.3 is 5.97 Å². The van der Waals surface area contributed by atoms with Gasteiger partial charge in [0.25, 0.3) is 5.91 Å². The molecular weight excluding hydrogens is 358 g/mol. The number of hydrogen-bond donors (Lipinski definition) is 2. The molecule has 2 aromatic rings. The lowest BCUT2D eigenvalue weighted by Gasteiger charge is -2.11. The highest BCUT2D eigenvalue weighted by molar-refractivity contribution is 9.10. The molecule has 0 unspecified atom stereocenters. The van der Waals surface area contributed by atoms with Gasteiger partial charge in [-0.2, -0.15) is 0 Å². The number of benzene rings is 2. The van der Waals surface area contributed by atoms with Crippen molar-refractivity contribution in [3.05, 3.63) is 62.6 Å². The summed E-state index contributed by atoms with van der Waals surface area (Å²) in [6.07, 6.45) is 0. The molecule has 0 aromatic heterocycles. The molecule has 0 saturated heterocycles. The zero-order chi connectivity index (χ0) is 15.6. The fourth-order valence-corrected chi connectivity index (χ4v) is 2.38. The third-order valence-electron chi connectivity index (χ3n) is 2.92. The van der Waals surface area contributed by atoms with Gasteiger partial charge in [0.15, 0.2) is 0 Å². The van der Waals surface area contributed by atoms with Gasteiger partial charge in [0.1, 0.15) is 0 Å². The van der Waals surface area contributed by atoms with Crippen molar-refractivity contribution in [2.75, 3.05) is 5.32 Å². The summed E-state index contributed by atoms with van der Waals surface area (Å²) >= 11 is 9.12. The normalized spacial score (nSPS) is 10.2. The Morgan fingerprint density at radius 1 is 1.24 bits per heavy atom. The number of carboxylic acid groups (broad SMARTS) is 1. The topological polar surface area (TPSA) is 66.4 Å². The standard InChI is InChI=1S/C15H11BrClNO3/c1-8-3-2-4-12(13(8)15(20)21)18-14(19)9-5-6-11(17)10(16)7-9/h2-7H,1H3,(H,18,19)(H,20,21). The highest BCUT2D eigenvalue weighted by Crippen LogP contribution is 2.25. The van der Waals surface area contributed by atoms with Crippen molar-refractivity contribution in [2.24, 2.45) is 0 Å². The molecule has 21 heavy (non-hydrogen) atoms. The molecule has 0 spiro atoms. The van der Waals surface area contributed by atoms with Gasteiger partial charge < -0.3 is 10.4 Å². The highest BCUT2D eigenvalue weighted by atomic mass is 79.9. The number of carboxylic acids is 1. The molecular formula is C15H11BrClNO3. The SMILES string of the molecule is Cc1cccc(NC(=O)c2ccc(Cl)c(Br)c2)c1C(=O)O. The van der Waals surface area contributed by atoms with Crippen molar-refractivity contribution < 1.29 is 14.7 Å². The number of halogens is 2. The van der Waals surface area contributed by atoms with Crippen LogP contribution in [0.5, 0.6) is 0 Å². The maximum atomic E-state index is 12.2. The van der Waals surface area contributed by atoms with Gasteiger partial charge in [-0.1, -0.05) is 23.7 Å². The minimum atomic E-state index is -1.08. The molecule has 2 aromatic carbocycles. The number of rotatable bonds is 3. The van der Waals surface area contributed by atoms with E-state index in [1.165, 1.54) is 0 Å². The van der Waals surface area contributed by atoms with E-state index >= 15 is 0 Å². The first-order valence-corrected chi connectivity index (χ1v) is 7.16. The molecule has 4 nitrogen and oxygen atoms in total. The number of anilines is 1. The van der Waals surface area contributed by atoms with E-state index in [1.807, 2.05) is 0 Å². The molecule has 0 radical (unpaired) electrons. The number of hydrogen-bond acceptors (Lipinski definition) is 2. The zero-order valence-corrected chi connectivity index (χ0v) is 13.3. The van der Waals surface area contributed by atoms with Crippen molar-refractivity contribution in [3.63, 3.8) is 0 Å². The summed E-state index contributed by atoms with van der Waals surface area (Å²) in [6, 6.07) is 9.66. The van der Waals surface area contributed by atoms with Gasteiger partial charge in [-0.05, 0) is 52.7 Å². The van der Waals surface area contributed by atoms with E-state index in [0.717, 1.165) is 0 Å². The fraction of sp³-hybridized carbons (Fsp3) is 0.0667. The smallest absolute Gasteiger partial charge is 0.338 e. The van der Waals surface area contributed by atoms with Crippen LogP contribution >= 0.6 is 27.5 Å².